The first-order chi connectivity index (χ1) is 16.6. The molecule has 0 unspecified atom stereocenters. The maximum Gasteiger partial charge on any atom is 0.422 e. The number of ketones is 1. The molecule has 0 saturated heterocycles. The maximum atomic E-state index is 15.5. The van der Waals surface area contributed by atoms with E-state index in [4.69, 9.17) is 9.26 Å². The van der Waals surface area contributed by atoms with Crippen LogP contribution in [0.4, 0.5) is 17.6 Å². The van der Waals surface area contributed by atoms with Crippen LogP contribution in [-0.2, 0) is 24.1 Å². The molecule has 0 amide bonds. The van der Waals surface area contributed by atoms with Crippen LogP contribution < -0.4 is 4.74 Å². The second-order valence-corrected chi connectivity index (χ2v) is 10.8. The Morgan fingerprint density at radius 2 is 2.03 bits per heavy atom. The Hall–Kier alpha value is -2.01. The van der Waals surface area contributed by atoms with Gasteiger partial charge in [0.1, 0.15) is 17.2 Å². The van der Waals surface area contributed by atoms with Crippen molar-refractivity contribution < 1.29 is 31.6 Å². The Labute approximate surface area is 206 Å². The van der Waals surface area contributed by atoms with Crippen molar-refractivity contribution in [2.24, 2.45) is 5.92 Å². The summed E-state index contributed by atoms with van der Waals surface area (Å²) in [5, 5.41) is 3.93. The number of nitrogens with zero attached hydrogens (tertiary/aromatic N) is 3. The van der Waals surface area contributed by atoms with E-state index < -0.39 is 18.5 Å². The third-order valence-corrected chi connectivity index (χ3v) is 7.96. The molecule has 0 bridgehead atoms. The number of halogens is 4. The summed E-state index contributed by atoms with van der Waals surface area (Å²) < 4.78 is 62.4. The van der Waals surface area contributed by atoms with Gasteiger partial charge in [-0.1, -0.05) is 16.5 Å². The summed E-state index contributed by atoms with van der Waals surface area (Å²) in [7, 11) is 0. The summed E-state index contributed by atoms with van der Waals surface area (Å²) >= 11 is 1.17. The van der Waals surface area contributed by atoms with Crippen LogP contribution in [0.25, 0.3) is 0 Å². The van der Waals surface area contributed by atoms with Gasteiger partial charge in [-0.05, 0) is 51.4 Å². The van der Waals surface area contributed by atoms with E-state index in [9.17, 15) is 18.0 Å². The van der Waals surface area contributed by atoms with Crippen molar-refractivity contribution in [3.8, 4) is 5.19 Å². The smallest absolute Gasteiger partial charge is 0.422 e. The molecule has 1 aliphatic carbocycles. The van der Waals surface area contributed by atoms with Gasteiger partial charge in [-0.2, -0.15) is 13.2 Å². The Morgan fingerprint density at radius 1 is 1.29 bits per heavy atom. The molecule has 0 radical (unpaired) electrons. The molecule has 0 N–H and O–H groups in total. The lowest BCUT2D eigenvalue weighted by molar-refractivity contribution is -0.153. The summed E-state index contributed by atoms with van der Waals surface area (Å²) in [5.74, 6) is 1.02. The van der Waals surface area contributed by atoms with E-state index in [0.717, 1.165) is 17.1 Å². The molecule has 0 atom stereocenters. The van der Waals surface area contributed by atoms with Crippen LogP contribution in [0.3, 0.4) is 0 Å². The highest BCUT2D eigenvalue weighted by Gasteiger charge is 2.36. The molecular weight excluding hydrogens is 486 g/mol. The van der Waals surface area contributed by atoms with Gasteiger partial charge in [0.2, 0.25) is 0 Å². The molecule has 0 aromatic carbocycles. The quantitative estimate of drug-likeness (QED) is 0.422. The van der Waals surface area contributed by atoms with Crippen molar-refractivity contribution in [1.82, 2.24) is 15.0 Å². The van der Waals surface area contributed by atoms with Crippen LogP contribution in [0.5, 0.6) is 5.19 Å². The van der Waals surface area contributed by atoms with E-state index in [0.29, 0.717) is 75.9 Å². The molecule has 194 valence electrons. The Kier molecular flexibility index (Phi) is 8.15. The number of alkyl halides is 4. The number of Topliss-reactive ketones (excluding diaryl/α,β-unsaturated/α-hetero) is 1. The minimum absolute atomic E-state index is 0.0647. The number of hydrogen-bond donors (Lipinski definition) is 0. The zero-order valence-corrected chi connectivity index (χ0v) is 20.7. The first-order valence-corrected chi connectivity index (χ1v) is 12.9. The van der Waals surface area contributed by atoms with Gasteiger partial charge in [-0.25, -0.2) is 9.37 Å². The third kappa shape index (κ3) is 7.73. The number of aryl methyl sites for hydroxylation is 1. The van der Waals surface area contributed by atoms with Gasteiger partial charge in [0.05, 0.1) is 17.8 Å². The van der Waals surface area contributed by atoms with E-state index >= 15 is 4.39 Å². The van der Waals surface area contributed by atoms with Gasteiger partial charge in [-0.15, -0.1) is 0 Å². The fourth-order valence-corrected chi connectivity index (χ4v) is 5.86. The number of carbonyl (C=O) groups is 1. The lowest BCUT2D eigenvalue weighted by atomic mass is 9.76. The molecule has 1 aliphatic heterocycles. The molecule has 6 nitrogen and oxygen atoms in total. The zero-order valence-electron chi connectivity index (χ0n) is 19.8. The van der Waals surface area contributed by atoms with Crippen LogP contribution in [0.2, 0.25) is 0 Å². The Morgan fingerprint density at radius 3 is 2.71 bits per heavy atom. The normalized spacial score (nSPS) is 23.6. The molecular formula is C24H31F4N3O3S. The molecule has 3 heterocycles. The molecule has 1 saturated carbocycles. The summed E-state index contributed by atoms with van der Waals surface area (Å²) in [5.41, 5.74) is 0.224. The van der Waals surface area contributed by atoms with Crippen molar-refractivity contribution in [3.05, 3.63) is 28.1 Å². The van der Waals surface area contributed by atoms with Crippen molar-refractivity contribution >= 4 is 17.1 Å². The van der Waals surface area contributed by atoms with E-state index in [1.165, 1.54) is 11.3 Å². The molecule has 4 rings (SSSR count). The Bertz CT molecular complexity index is 973. The van der Waals surface area contributed by atoms with Crippen molar-refractivity contribution in [3.63, 3.8) is 0 Å². The fraction of sp³-hybridized carbons (Fsp3) is 0.708. The highest BCUT2D eigenvalue weighted by molar-refractivity contribution is 7.13. The predicted octanol–water partition coefficient (Wildman–Crippen LogP) is 5.27. The summed E-state index contributed by atoms with van der Waals surface area (Å²) in [4.78, 5) is 19.7. The van der Waals surface area contributed by atoms with Gasteiger partial charge in [0, 0.05) is 43.4 Å². The monoisotopic (exact) mass is 517 g/mol. The lowest BCUT2D eigenvalue weighted by Gasteiger charge is -2.35. The number of carbonyl (C=O) groups excluding carboxylic acids is 1. The first kappa shape index (κ1) is 26.1. The second-order valence-electron chi connectivity index (χ2n) is 9.79. The van der Waals surface area contributed by atoms with Crippen LogP contribution in [0.1, 0.15) is 60.6 Å². The second kappa shape index (κ2) is 10.9. The number of fused-ring (bicyclic) bond motifs is 1. The van der Waals surface area contributed by atoms with Gasteiger partial charge in [0.25, 0.3) is 5.19 Å². The van der Waals surface area contributed by atoms with Crippen LogP contribution in [-0.4, -0.2) is 58.9 Å². The molecule has 2 aliphatic rings. The minimum Gasteiger partial charge on any atom is -0.460 e. The molecule has 1 fully saturated rings. The van der Waals surface area contributed by atoms with Gasteiger partial charge < -0.3 is 14.2 Å². The minimum atomic E-state index is -4.38. The SMILES string of the molecule is Cc1cc(CC(=O)CC2CCC(F)(CCN3CCc4nc(OCC(F)(F)F)sc4CC3)CC2)no1. The van der Waals surface area contributed by atoms with Crippen molar-refractivity contribution in [2.75, 3.05) is 26.2 Å². The lowest BCUT2D eigenvalue weighted by Crippen LogP contribution is -2.36. The fourth-order valence-electron chi connectivity index (χ4n) is 4.92. The van der Waals surface area contributed by atoms with Gasteiger partial charge >= 0.3 is 6.18 Å². The standard InChI is InChI=1S/C24H31F4N3O3S/c1-16-12-18(30-34-16)14-19(32)13-17-2-6-23(25,7-3-17)8-11-31-9-4-20-21(5-10-31)35-22(29-20)33-15-24(26,27)28/h12,17H,2-11,13-15H2,1H3. The summed E-state index contributed by atoms with van der Waals surface area (Å²) in [6, 6.07) is 1.77. The van der Waals surface area contributed by atoms with Crippen molar-refractivity contribution in [1.29, 1.82) is 0 Å². The van der Waals surface area contributed by atoms with Crippen LogP contribution >= 0.6 is 11.3 Å². The van der Waals surface area contributed by atoms with Crippen LogP contribution in [0.15, 0.2) is 10.6 Å². The average Bonchev–Trinajstić information content (AvgIpc) is 3.33. The largest absolute Gasteiger partial charge is 0.460 e. The molecule has 2 aromatic heterocycles. The average molecular weight is 518 g/mol. The van der Waals surface area contributed by atoms with E-state index in [1.54, 1.807) is 13.0 Å². The summed E-state index contributed by atoms with van der Waals surface area (Å²) in [6.07, 6.45) is 0.447. The third-order valence-electron chi connectivity index (χ3n) is 6.89. The van der Waals surface area contributed by atoms with Crippen LogP contribution in [0, 0.1) is 12.8 Å². The van der Waals surface area contributed by atoms with Crippen molar-refractivity contribution in [2.45, 2.75) is 76.6 Å². The molecule has 11 heteroatoms. The number of hydrogen-bond acceptors (Lipinski definition) is 7. The summed E-state index contributed by atoms with van der Waals surface area (Å²) in [6.45, 7) is 2.52. The molecule has 0 spiro atoms. The number of rotatable bonds is 9. The number of thiazole rings is 1. The molecule has 35 heavy (non-hydrogen) atoms. The Balaban J connectivity index is 1.17. The number of ether oxygens (including phenoxy) is 1. The first-order valence-electron chi connectivity index (χ1n) is 12.1. The highest BCUT2D eigenvalue weighted by atomic mass is 32.1. The van der Waals surface area contributed by atoms with E-state index in [2.05, 4.69) is 15.0 Å². The predicted molar refractivity (Wildman–Crippen MR) is 122 cm³/mol. The molecule has 2 aromatic rings. The topological polar surface area (TPSA) is 68.5 Å². The van der Waals surface area contributed by atoms with Gasteiger partial charge in [0.15, 0.2) is 6.61 Å². The van der Waals surface area contributed by atoms with E-state index in [1.807, 2.05) is 0 Å². The highest BCUT2D eigenvalue weighted by Crippen LogP contribution is 2.39. The van der Waals surface area contributed by atoms with E-state index in [-0.39, 0.29) is 23.3 Å². The van der Waals surface area contributed by atoms with Gasteiger partial charge in [-0.3, -0.25) is 4.79 Å². The zero-order chi connectivity index (χ0) is 25.1. The number of aromatic nitrogens is 2. The maximum absolute atomic E-state index is 15.5.